The van der Waals surface area contributed by atoms with E-state index in [1.165, 1.54) is 0 Å². The summed E-state index contributed by atoms with van der Waals surface area (Å²) in [5.74, 6) is 0.600. The molecule has 0 saturated heterocycles. The zero-order valence-electron chi connectivity index (χ0n) is 12.8. The van der Waals surface area contributed by atoms with Crippen LogP contribution in [0, 0.1) is 0 Å². The molecule has 2 aromatic rings. The maximum atomic E-state index is 10.2. The molecule has 0 aromatic heterocycles. The highest BCUT2D eigenvalue weighted by Gasteiger charge is 2.19. The van der Waals surface area contributed by atoms with Crippen LogP contribution in [0.4, 0.5) is 0 Å². The molecule has 4 heteroatoms. The third kappa shape index (κ3) is 3.55. The number of alkyl halides is 1. The lowest BCUT2D eigenvalue weighted by molar-refractivity contribution is 0.431. The molecule has 118 valence electrons. The molecule has 2 rings (SSSR count). The zero-order chi connectivity index (χ0) is 16.3. The minimum atomic E-state index is 0.0475. The summed E-state index contributed by atoms with van der Waals surface area (Å²) >= 11 is 3.49. The maximum Gasteiger partial charge on any atom is 0.123 e. The Morgan fingerprint density at radius 3 is 2.05 bits per heavy atom. The van der Waals surface area contributed by atoms with E-state index in [2.05, 4.69) is 15.9 Å². The lowest BCUT2D eigenvalue weighted by Crippen LogP contribution is -2.05. The van der Waals surface area contributed by atoms with Gasteiger partial charge < -0.3 is 15.3 Å². The lowest BCUT2D eigenvalue weighted by atomic mass is 9.90. The standard InChI is InChI=1S/C18H21BrO3/c1-11(2)18-16(21)8-13(9-17(18)22)14(10-19)7-12-5-3-4-6-15(12)20/h3-6,8-9,11,14,20-22H,7,10H2,1-2H3. The number of halogens is 1. The van der Waals surface area contributed by atoms with Gasteiger partial charge in [-0.1, -0.05) is 48.0 Å². The van der Waals surface area contributed by atoms with Crippen LogP contribution in [-0.4, -0.2) is 20.6 Å². The van der Waals surface area contributed by atoms with E-state index in [0.717, 1.165) is 11.1 Å². The van der Waals surface area contributed by atoms with Gasteiger partial charge >= 0.3 is 0 Å². The van der Waals surface area contributed by atoms with Crippen molar-refractivity contribution in [2.24, 2.45) is 0 Å². The molecule has 1 unspecified atom stereocenters. The van der Waals surface area contributed by atoms with Gasteiger partial charge in [0.25, 0.3) is 0 Å². The molecule has 3 N–H and O–H groups in total. The van der Waals surface area contributed by atoms with Gasteiger partial charge in [-0.05, 0) is 47.6 Å². The second-order valence-electron chi connectivity index (χ2n) is 5.81. The summed E-state index contributed by atoms with van der Waals surface area (Å²) in [6, 6.07) is 10.6. The van der Waals surface area contributed by atoms with Crippen LogP contribution in [0.2, 0.25) is 0 Å². The van der Waals surface area contributed by atoms with Crippen molar-refractivity contribution in [3.05, 3.63) is 53.1 Å². The molecule has 0 bridgehead atoms. The first-order chi connectivity index (χ1) is 10.4. The number of hydrogen-bond donors (Lipinski definition) is 3. The summed E-state index contributed by atoms with van der Waals surface area (Å²) in [7, 11) is 0. The smallest absolute Gasteiger partial charge is 0.123 e. The normalized spacial score (nSPS) is 12.5. The Balaban J connectivity index is 2.34. The number of rotatable bonds is 5. The van der Waals surface area contributed by atoms with Gasteiger partial charge in [0.05, 0.1) is 0 Å². The van der Waals surface area contributed by atoms with Gasteiger partial charge in [-0.25, -0.2) is 0 Å². The molecule has 0 radical (unpaired) electrons. The number of aromatic hydroxyl groups is 3. The second-order valence-corrected chi connectivity index (χ2v) is 6.46. The zero-order valence-corrected chi connectivity index (χ0v) is 14.3. The van der Waals surface area contributed by atoms with Crippen molar-refractivity contribution < 1.29 is 15.3 Å². The first-order valence-electron chi connectivity index (χ1n) is 7.32. The molecule has 0 amide bonds. The first-order valence-corrected chi connectivity index (χ1v) is 8.44. The summed E-state index contributed by atoms with van der Waals surface area (Å²) in [4.78, 5) is 0. The van der Waals surface area contributed by atoms with Crippen molar-refractivity contribution in [3.63, 3.8) is 0 Å². The quantitative estimate of drug-likeness (QED) is 0.676. The van der Waals surface area contributed by atoms with Gasteiger partial charge in [0, 0.05) is 10.9 Å². The Morgan fingerprint density at radius 1 is 0.955 bits per heavy atom. The summed E-state index contributed by atoms with van der Waals surface area (Å²) in [5, 5.41) is 30.9. The summed E-state index contributed by atoms with van der Waals surface area (Å²) < 4.78 is 0. The van der Waals surface area contributed by atoms with E-state index < -0.39 is 0 Å². The maximum absolute atomic E-state index is 10.2. The van der Waals surface area contributed by atoms with Crippen molar-refractivity contribution in [1.82, 2.24) is 0 Å². The van der Waals surface area contributed by atoms with Gasteiger partial charge in [0.15, 0.2) is 0 Å². The van der Waals surface area contributed by atoms with E-state index in [1.807, 2.05) is 26.0 Å². The van der Waals surface area contributed by atoms with Gasteiger partial charge in [0.1, 0.15) is 17.2 Å². The van der Waals surface area contributed by atoms with Gasteiger partial charge in [-0.2, -0.15) is 0 Å². The number of phenols is 3. The van der Waals surface area contributed by atoms with Crippen LogP contribution in [-0.2, 0) is 6.42 Å². The minimum absolute atomic E-state index is 0.0475. The Bertz CT molecular complexity index is 630. The summed E-state index contributed by atoms with van der Waals surface area (Å²) in [6.07, 6.45) is 0.623. The van der Waals surface area contributed by atoms with E-state index in [-0.39, 0.29) is 29.1 Å². The molecule has 0 saturated carbocycles. The number of phenolic OH excluding ortho intramolecular Hbond substituents is 3. The van der Waals surface area contributed by atoms with Crippen LogP contribution in [0.15, 0.2) is 36.4 Å². The van der Waals surface area contributed by atoms with Crippen LogP contribution in [0.25, 0.3) is 0 Å². The van der Waals surface area contributed by atoms with Crippen LogP contribution >= 0.6 is 15.9 Å². The lowest BCUT2D eigenvalue weighted by Gasteiger charge is -2.19. The molecule has 0 aliphatic rings. The molecule has 22 heavy (non-hydrogen) atoms. The SMILES string of the molecule is CC(C)c1c(O)cc(C(CBr)Cc2ccccc2O)cc1O. The van der Waals surface area contributed by atoms with E-state index in [4.69, 9.17) is 0 Å². The number of hydrogen-bond acceptors (Lipinski definition) is 3. The third-order valence-corrected chi connectivity index (χ3v) is 4.63. The fourth-order valence-corrected chi connectivity index (χ4v) is 3.28. The predicted octanol–water partition coefficient (Wildman–Crippen LogP) is 4.65. The van der Waals surface area contributed by atoms with Crippen LogP contribution < -0.4 is 0 Å². The van der Waals surface area contributed by atoms with Crippen molar-refractivity contribution in [1.29, 1.82) is 0 Å². The highest BCUT2D eigenvalue weighted by molar-refractivity contribution is 9.09. The minimum Gasteiger partial charge on any atom is -0.508 e. The molecule has 0 aliphatic heterocycles. The Morgan fingerprint density at radius 2 is 1.55 bits per heavy atom. The highest BCUT2D eigenvalue weighted by atomic mass is 79.9. The molecular formula is C18H21BrO3. The second kappa shape index (κ2) is 7.05. The molecular weight excluding hydrogens is 344 g/mol. The molecule has 0 spiro atoms. The Labute approximate surface area is 139 Å². The van der Waals surface area contributed by atoms with E-state index >= 15 is 0 Å². The van der Waals surface area contributed by atoms with Gasteiger partial charge in [-0.3, -0.25) is 0 Å². The Kier molecular flexibility index (Phi) is 5.35. The summed E-state index contributed by atoms with van der Waals surface area (Å²) in [5.41, 5.74) is 2.26. The van der Waals surface area contributed by atoms with Crippen molar-refractivity contribution in [3.8, 4) is 17.2 Å². The molecule has 2 aromatic carbocycles. The fourth-order valence-electron chi connectivity index (χ4n) is 2.68. The molecule has 3 nitrogen and oxygen atoms in total. The van der Waals surface area contributed by atoms with Gasteiger partial charge in [0.2, 0.25) is 0 Å². The first kappa shape index (κ1) is 16.7. The number of para-hydroxylation sites is 1. The topological polar surface area (TPSA) is 60.7 Å². The van der Waals surface area contributed by atoms with Crippen molar-refractivity contribution in [2.45, 2.75) is 32.1 Å². The average Bonchev–Trinajstić information content (AvgIpc) is 2.45. The monoisotopic (exact) mass is 364 g/mol. The Hall–Kier alpha value is -1.68. The third-order valence-electron chi connectivity index (χ3n) is 3.85. The summed E-state index contributed by atoms with van der Waals surface area (Å²) in [6.45, 7) is 3.86. The van der Waals surface area contributed by atoms with Crippen molar-refractivity contribution >= 4 is 15.9 Å². The van der Waals surface area contributed by atoms with E-state index in [0.29, 0.717) is 17.3 Å². The van der Waals surface area contributed by atoms with Crippen molar-refractivity contribution in [2.75, 3.05) is 5.33 Å². The van der Waals surface area contributed by atoms with Crippen LogP contribution in [0.1, 0.15) is 42.4 Å². The molecule has 0 fully saturated rings. The van der Waals surface area contributed by atoms with E-state index in [9.17, 15) is 15.3 Å². The fraction of sp³-hybridized carbons (Fsp3) is 0.333. The molecule has 1 atom stereocenters. The predicted molar refractivity (Wildman–Crippen MR) is 92.2 cm³/mol. The largest absolute Gasteiger partial charge is 0.508 e. The highest BCUT2D eigenvalue weighted by Crippen LogP contribution is 2.38. The molecule has 0 heterocycles. The number of benzene rings is 2. The van der Waals surface area contributed by atoms with E-state index in [1.54, 1.807) is 24.3 Å². The average molecular weight is 365 g/mol. The van der Waals surface area contributed by atoms with Crippen LogP contribution in [0.3, 0.4) is 0 Å². The van der Waals surface area contributed by atoms with Gasteiger partial charge in [-0.15, -0.1) is 0 Å². The van der Waals surface area contributed by atoms with Crippen LogP contribution in [0.5, 0.6) is 17.2 Å². The molecule has 0 aliphatic carbocycles.